The second-order valence-electron chi connectivity index (χ2n) is 3.39. The van der Waals surface area contributed by atoms with Crippen LogP contribution in [0.2, 0.25) is 0 Å². The Balaban J connectivity index is 3.34. The van der Waals surface area contributed by atoms with Gasteiger partial charge in [-0.1, -0.05) is 18.8 Å². The van der Waals surface area contributed by atoms with E-state index in [1.54, 1.807) is 0 Å². The minimum atomic E-state index is -0.370. The molecule has 0 rings (SSSR count). The molecule has 12 heavy (non-hydrogen) atoms. The quantitative estimate of drug-likeness (QED) is 0.512. The van der Waals surface area contributed by atoms with Crippen molar-refractivity contribution in [2.75, 3.05) is 13.2 Å². The van der Waals surface area contributed by atoms with Gasteiger partial charge in [-0.3, -0.25) is 0 Å². The Morgan fingerprint density at radius 2 is 2.00 bits per heavy atom. The first-order valence-corrected chi connectivity index (χ1v) is 4.43. The van der Waals surface area contributed by atoms with Crippen LogP contribution < -0.4 is 5.73 Å². The molecule has 0 aliphatic carbocycles. The Bertz CT molecular complexity index is 159. The summed E-state index contributed by atoms with van der Waals surface area (Å²) in [6.07, 6.45) is 1.84. The molecule has 0 aromatic carbocycles. The van der Waals surface area contributed by atoms with Crippen molar-refractivity contribution >= 4 is 0 Å². The highest BCUT2D eigenvalue weighted by Crippen LogP contribution is 1.92. The van der Waals surface area contributed by atoms with Gasteiger partial charge in [0.05, 0.1) is 12.1 Å². The van der Waals surface area contributed by atoms with E-state index in [9.17, 15) is 0 Å². The van der Waals surface area contributed by atoms with Crippen molar-refractivity contribution in [1.82, 2.24) is 0 Å². The van der Waals surface area contributed by atoms with E-state index in [-0.39, 0.29) is 5.54 Å². The van der Waals surface area contributed by atoms with Gasteiger partial charge in [0.25, 0.3) is 0 Å². The molecule has 0 unspecified atom stereocenters. The van der Waals surface area contributed by atoms with Gasteiger partial charge in [0.1, 0.15) is 0 Å². The maximum Gasteiger partial charge on any atom is 0.0719 e. The van der Waals surface area contributed by atoms with Gasteiger partial charge < -0.3 is 10.5 Å². The first-order valence-electron chi connectivity index (χ1n) is 4.43. The largest absolute Gasteiger partial charge is 0.380 e. The molecule has 0 saturated heterocycles. The van der Waals surface area contributed by atoms with Gasteiger partial charge in [0.15, 0.2) is 0 Å². The molecule has 0 aromatic rings. The maximum atomic E-state index is 5.66. The highest BCUT2D eigenvalue weighted by Gasteiger charge is 2.02. The third kappa shape index (κ3) is 9.48. The number of nitrogens with two attached hydrogens (primary N) is 1. The average Bonchev–Trinajstić information content (AvgIpc) is 1.94. The number of hydrogen-bond acceptors (Lipinski definition) is 2. The van der Waals surface area contributed by atoms with Gasteiger partial charge in [0, 0.05) is 13.0 Å². The molecule has 0 amide bonds. The smallest absolute Gasteiger partial charge is 0.0719 e. The molecule has 0 saturated carbocycles. The van der Waals surface area contributed by atoms with Crippen LogP contribution in [0.5, 0.6) is 0 Å². The average molecular weight is 169 g/mol. The molecular formula is C10H19NO. The SMILES string of the molecule is CCCOCCC#CC(C)(C)N. The van der Waals surface area contributed by atoms with Crippen LogP contribution in [0.15, 0.2) is 0 Å². The van der Waals surface area contributed by atoms with E-state index in [0.29, 0.717) is 0 Å². The highest BCUT2D eigenvalue weighted by atomic mass is 16.5. The zero-order chi connectivity index (χ0) is 9.45. The molecule has 0 aliphatic rings. The Labute approximate surface area is 75.5 Å². The van der Waals surface area contributed by atoms with Crippen LogP contribution in [0.4, 0.5) is 0 Å². The number of hydrogen-bond donors (Lipinski definition) is 1. The topological polar surface area (TPSA) is 35.2 Å². The Morgan fingerprint density at radius 3 is 2.50 bits per heavy atom. The second kappa shape index (κ2) is 6.05. The van der Waals surface area contributed by atoms with E-state index >= 15 is 0 Å². The predicted octanol–water partition coefficient (Wildman–Crippen LogP) is 1.54. The molecule has 0 atom stereocenters. The lowest BCUT2D eigenvalue weighted by atomic mass is 10.1. The van der Waals surface area contributed by atoms with Crippen molar-refractivity contribution in [3.8, 4) is 11.8 Å². The second-order valence-corrected chi connectivity index (χ2v) is 3.39. The van der Waals surface area contributed by atoms with Gasteiger partial charge in [-0.2, -0.15) is 0 Å². The predicted molar refractivity (Wildman–Crippen MR) is 51.8 cm³/mol. The van der Waals surface area contributed by atoms with Gasteiger partial charge in [-0.25, -0.2) is 0 Å². The Hall–Kier alpha value is -0.520. The van der Waals surface area contributed by atoms with E-state index < -0.39 is 0 Å². The van der Waals surface area contributed by atoms with Crippen LogP contribution in [0, 0.1) is 11.8 Å². The lowest BCUT2D eigenvalue weighted by Crippen LogP contribution is -2.29. The molecule has 0 aliphatic heterocycles. The summed E-state index contributed by atoms with van der Waals surface area (Å²) in [5, 5.41) is 0. The lowest BCUT2D eigenvalue weighted by molar-refractivity contribution is 0.140. The summed E-state index contributed by atoms with van der Waals surface area (Å²) in [4.78, 5) is 0. The molecule has 2 heteroatoms. The summed E-state index contributed by atoms with van der Waals surface area (Å²) < 4.78 is 5.25. The van der Waals surface area contributed by atoms with Crippen LogP contribution in [0.3, 0.4) is 0 Å². The van der Waals surface area contributed by atoms with E-state index in [1.165, 1.54) is 0 Å². The van der Waals surface area contributed by atoms with E-state index in [4.69, 9.17) is 10.5 Å². The van der Waals surface area contributed by atoms with Crippen LogP contribution in [0.1, 0.15) is 33.6 Å². The van der Waals surface area contributed by atoms with Gasteiger partial charge in [-0.15, -0.1) is 0 Å². The van der Waals surface area contributed by atoms with Gasteiger partial charge >= 0.3 is 0 Å². The van der Waals surface area contributed by atoms with Crippen molar-refractivity contribution in [3.63, 3.8) is 0 Å². The highest BCUT2D eigenvalue weighted by molar-refractivity contribution is 5.12. The molecular weight excluding hydrogens is 150 g/mol. The first kappa shape index (κ1) is 11.5. The molecule has 2 N–H and O–H groups in total. The van der Waals surface area contributed by atoms with Crippen LogP contribution in [0.25, 0.3) is 0 Å². The molecule has 0 aromatic heterocycles. The van der Waals surface area contributed by atoms with Gasteiger partial charge in [0.2, 0.25) is 0 Å². The third-order valence-corrected chi connectivity index (χ3v) is 1.13. The fraction of sp³-hybridized carbons (Fsp3) is 0.800. The summed E-state index contributed by atoms with van der Waals surface area (Å²) >= 11 is 0. The molecule has 0 radical (unpaired) electrons. The summed E-state index contributed by atoms with van der Waals surface area (Å²) in [6, 6.07) is 0. The minimum Gasteiger partial charge on any atom is -0.380 e. The molecule has 0 heterocycles. The summed E-state index contributed by atoms with van der Waals surface area (Å²) in [5.74, 6) is 5.93. The molecule has 2 nitrogen and oxygen atoms in total. The van der Waals surface area contributed by atoms with Crippen molar-refractivity contribution in [3.05, 3.63) is 0 Å². The van der Waals surface area contributed by atoms with Crippen LogP contribution in [-0.4, -0.2) is 18.8 Å². The monoisotopic (exact) mass is 169 g/mol. The number of rotatable bonds is 4. The maximum absolute atomic E-state index is 5.66. The minimum absolute atomic E-state index is 0.370. The molecule has 0 fully saturated rings. The number of ether oxygens (including phenoxy) is 1. The zero-order valence-electron chi connectivity index (χ0n) is 8.31. The Kier molecular flexibility index (Phi) is 5.79. The Morgan fingerprint density at radius 1 is 1.33 bits per heavy atom. The first-order chi connectivity index (χ1) is 5.56. The van der Waals surface area contributed by atoms with Crippen LogP contribution >= 0.6 is 0 Å². The van der Waals surface area contributed by atoms with Crippen LogP contribution in [-0.2, 0) is 4.74 Å². The van der Waals surface area contributed by atoms with E-state index in [2.05, 4.69) is 18.8 Å². The van der Waals surface area contributed by atoms with Crippen molar-refractivity contribution < 1.29 is 4.74 Å². The summed E-state index contributed by atoms with van der Waals surface area (Å²) in [5.41, 5.74) is 5.29. The standard InChI is InChI=1S/C10H19NO/c1-4-8-12-9-6-5-7-10(2,3)11/h4,6,8-9,11H2,1-3H3. The van der Waals surface area contributed by atoms with E-state index in [1.807, 2.05) is 13.8 Å². The third-order valence-electron chi connectivity index (χ3n) is 1.13. The van der Waals surface area contributed by atoms with Crippen molar-refractivity contribution in [2.45, 2.75) is 39.2 Å². The molecule has 70 valence electrons. The molecule has 0 spiro atoms. The van der Waals surface area contributed by atoms with E-state index in [0.717, 1.165) is 26.1 Å². The molecule has 0 bridgehead atoms. The normalized spacial score (nSPS) is 10.7. The fourth-order valence-corrected chi connectivity index (χ4v) is 0.660. The summed E-state index contributed by atoms with van der Waals surface area (Å²) in [6.45, 7) is 7.43. The van der Waals surface area contributed by atoms with Gasteiger partial charge in [-0.05, 0) is 20.3 Å². The fourth-order valence-electron chi connectivity index (χ4n) is 0.660. The summed E-state index contributed by atoms with van der Waals surface area (Å²) in [7, 11) is 0. The lowest BCUT2D eigenvalue weighted by Gasteiger charge is -2.07. The van der Waals surface area contributed by atoms with Crippen molar-refractivity contribution in [2.24, 2.45) is 5.73 Å². The van der Waals surface area contributed by atoms with Crippen molar-refractivity contribution in [1.29, 1.82) is 0 Å². The zero-order valence-corrected chi connectivity index (χ0v) is 8.31.